The first-order chi connectivity index (χ1) is 7.47. The molecule has 0 atom stereocenters. The van der Waals surface area contributed by atoms with Crippen molar-refractivity contribution in [1.29, 1.82) is 0 Å². The normalized spacial score (nSPS) is 11.1. The van der Waals surface area contributed by atoms with Crippen LogP contribution in [0.15, 0.2) is 6.20 Å². The van der Waals surface area contributed by atoms with Gasteiger partial charge in [-0.25, -0.2) is 15.0 Å². The number of hydrogen-bond donors (Lipinski definition) is 1. The van der Waals surface area contributed by atoms with E-state index >= 15 is 0 Å². The van der Waals surface area contributed by atoms with Gasteiger partial charge in [-0.05, 0) is 6.92 Å². The summed E-state index contributed by atoms with van der Waals surface area (Å²) in [7, 11) is 0. The number of nitrogens with zero attached hydrogens (tertiary/aromatic N) is 3. The second-order valence-corrected chi connectivity index (χ2v) is 2.75. The molecule has 0 aromatic carbocycles. The largest absolute Gasteiger partial charge is 0.451 e. The molecule has 0 bridgehead atoms. The molecule has 0 unspecified atom stereocenters. The third kappa shape index (κ3) is 2.47. The molecule has 2 aromatic rings. The number of imidazole rings is 1. The fraction of sp³-hybridized carbons (Fsp3) is 0.444. The minimum absolute atomic E-state index is 0.0322. The van der Waals surface area contributed by atoms with Crippen LogP contribution in [0.2, 0.25) is 0 Å². The molecule has 2 heterocycles. The summed E-state index contributed by atoms with van der Waals surface area (Å²) in [5, 5.41) is 0. The van der Waals surface area contributed by atoms with Gasteiger partial charge in [0, 0.05) is 0 Å². The molecule has 0 saturated carbocycles. The van der Waals surface area contributed by atoms with E-state index in [-0.39, 0.29) is 5.65 Å². The lowest BCUT2D eigenvalue weighted by Gasteiger charge is -2.02. The van der Waals surface area contributed by atoms with Gasteiger partial charge >= 0.3 is 6.18 Å². The van der Waals surface area contributed by atoms with Gasteiger partial charge in [0.15, 0.2) is 5.65 Å². The highest BCUT2D eigenvalue weighted by molar-refractivity contribution is 5.69. The van der Waals surface area contributed by atoms with Crippen LogP contribution < -0.4 is 0 Å². The maximum atomic E-state index is 12.2. The quantitative estimate of drug-likeness (QED) is 0.759. The molecular formula is C9H11F3N4. The number of hydrogen-bond acceptors (Lipinski definition) is 3. The van der Waals surface area contributed by atoms with Gasteiger partial charge in [-0.15, -0.1) is 0 Å². The van der Waals surface area contributed by atoms with E-state index in [9.17, 15) is 13.2 Å². The third-order valence-corrected chi connectivity index (χ3v) is 1.61. The van der Waals surface area contributed by atoms with Crippen molar-refractivity contribution in [3.8, 4) is 0 Å². The fourth-order valence-electron chi connectivity index (χ4n) is 1.06. The molecule has 0 spiro atoms. The van der Waals surface area contributed by atoms with E-state index in [4.69, 9.17) is 0 Å². The van der Waals surface area contributed by atoms with Crippen molar-refractivity contribution in [2.75, 3.05) is 0 Å². The standard InChI is InChI=1S/C7H5F3N4.C2H6/c1-3-12-4-2-11-6(7(8,9)10)14-5(4)13-3;1-2/h2H,1H3,(H,11,12,13,14);1-2H3. The van der Waals surface area contributed by atoms with Crippen LogP contribution in [-0.4, -0.2) is 19.9 Å². The number of H-pyrrole nitrogens is 1. The van der Waals surface area contributed by atoms with Crippen LogP contribution >= 0.6 is 0 Å². The van der Waals surface area contributed by atoms with Crippen LogP contribution in [0.5, 0.6) is 0 Å². The molecule has 7 heteroatoms. The van der Waals surface area contributed by atoms with Crippen LogP contribution in [-0.2, 0) is 6.18 Å². The van der Waals surface area contributed by atoms with Gasteiger partial charge in [0.25, 0.3) is 0 Å². The fourth-order valence-corrected chi connectivity index (χ4v) is 1.06. The molecule has 88 valence electrons. The number of alkyl halides is 3. The Morgan fingerprint density at radius 1 is 1.19 bits per heavy atom. The summed E-state index contributed by atoms with van der Waals surface area (Å²) < 4.78 is 36.5. The van der Waals surface area contributed by atoms with Gasteiger partial charge in [-0.3, -0.25) is 0 Å². The number of nitrogens with one attached hydrogen (secondary N) is 1. The molecule has 16 heavy (non-hydrogen) atoms. The lowest BCUT2D eigenvalue weighted by atomic mass is 10.5. The zero-order valence-corrected chi connectivity index (χ0v) is 9.05. The van der Waals surface area contributed by atoms with E-state index in [1.54, 1.807) is 6.92 Å². The zero-order valence-electron chi connectivity index (χ0n) is 9.05. The molecule has 0 saturated heterocycles. The molecular weight excluding hydrogens is 221 g/mol. The summed E-state index contributed by atoms with van der Waals surface area (Å²) in [6, 6.07) is 0. The topological polar surface area (TPSA) is 54.5 Å². The first-order valence-corrected chi connectivity index (χ1v) is 4.73. The SMILES string of the molecule is CC.Cc1nc2nc(C(F)(F)F)ncc2[nH]1. The average Bonchev–Trinajstić information content (AvgIpc) is 2.58. The van der Waals surface area contributed by atoms with E-state index in [1.165, 1.54) is 0 Å². The van der Waals surface area contributed by atoms with Crippen molar-refractivity contribution >= 4 is 11.2 Å². The van der Waals surface area contributed by atoms with Crippen molar-refractivity contribution in [1.82, 2.24) is 19.9 Å². The molecule has 0 aliphatic rings. The lowest BCUT2D eigenvalue weighted by molar-refractivity contribution is -0.144. The maximum absolute atomic E-state index is 12.2. The molecule has 2 aromatic heterocycles. The van der Waals surface area contributed by atoms with Crippen LogP contribution in [0, 0.1) is 6.92 Å². The van der Waals surface area contributed by atoms with Crippen molar-refractivity contribution in [2.24, 2.45) is 0 Å². The number of rotatable bonds is 0. The molecule has 0 aliphatic heterocycles. The van der Waals surface area contributed by atoms with Gasteiger partial charge in [0.2, 0.25) is 5.82 Å². The van der Waals surface area contributed by atoms with Gasteiger partial charge in [0.05, 0.1) is 6.20 Å². The Morgan fingerprint density at radius 3 is 2.38 bits per heavy atom. The summed E-state index contributed by atoms with van der Waals surface area (Å²) in [5.41, 5.74) is 0.431. The predicted octanol–water partition coefficient (Wildman–Crippen LogP) is 2.71. The Bertz CT molecular complexity index is 475. The Labute approximate surface area is 89.9 Å². The summed E-state index contributed by atoms with van der Waals surface area (Å²) >= 11 is 0. The van der Waals surface area contributed by atoms with Crippen molar-refractivity contribution < 1.29 is 13.2 Å². The predicted molar refractivity (Wildman–Crippen MR) is 52.8 cm³/mol. The molecule has 0 aliphatic carbocycles. The first-order valence-electron chi connectivity index (χ1n) is 4.73. The van der Waals surface area contributed by atoms with E-state index in [0.717, 1.165) is 6.20 Å². The second kappa shape index (κ2) is 4.46. The lowest BCUT2D eigenvalue weighted by Crippen LogP contribution is -2.10. The average molecular weight is 232 g/mol. The molecule has 4 nitrogen and oxygen atoms in total. The molecule has 0 radical (unpaired) electrons. The summed E-state index contributed by atoms with van der Waals surface area (Å²) in [5.74, 6) is -0.662. The highest BCUT2D eigenvalue weighted by Crippen LogP contribution is 2.26. The van der Waals surface area contributed by atoms with Gasteiger partial charge < -0.3 is 4.98 Å². The maximum Gasteiger partial charge on any atom is 0.451 e. The number of halogens is 3. The van der Waals surface area contributed by atoms with E-state index in [1.807, 2.05) is 13.8 Å². The smallest absolute Gasteiger partial charge is 0.340 e. The van der Waals surface area contributed by atoms with E-state index in [0.29, 0.717) is 11.3 Å². The zero-order chi connectivity index (χ0) is 12.3. The molecule has 0 amide bonds. The second-order valence-electron chi connectivity index (χ2n) is 2.75. The van der Waals surface area contributed by atoms with Gasteiger partial charge in [0.1, 0.15) is 11.3 Å². The van der Waals surface area contributed by atoms with Crippen LogP contribution in [0.1, 0.15) is 25.5 Å². The Morgan fingerprint density at radius 2 is 1.81 bits per heavy atom. The monoisotopic (exact) mass is 232 g/mol. The van der Waals surface area contributed by atoms with Crippen molar-refractivity contribution in [3.63, 3.8) is 0 Å². The number of aromatic amines is 1. The third-order valence-electron chi connectivity index (χ3n) is 1.61. The van der Waals surface area contributed by atoms with E-state index in [2.05, 4.69) is 19.9 Å². The Hall–Kier alpha value is -1.66. The van der Waals surface area contributed by atoms with Crippen LogP contribution in [0.3, 0.4) is 0 Å². The van der Waals surface area contributed by atoms with Crippen molar-refractivity contribution in [3.05, 3.63) is 17.8 Å². The van der Waals surface area contributed by atoms with Crippen LogP contribution in [0.25, 0.3) is 11.2 Å². The summed E-state index contributed by atoms with van der Waals surface area (Å²) in [6.45, 7) is 5.63. The highest BCUT2D eigenvalue weighted by Gasteiger charge is 2.34. The highest BCUT2D eigenvalue weighted by atomic mass is 19.4. The number of aromatic nitrogens is 4. The molecule has 2 rings (SSSR count). The number of aryl methyl sites for hydroxylation is 1. The minimum atomic E-state index is -4.53. The minimum Gasteiger partial charge on any atom is -0.340 e. The molecule has 1 N–H and O–H groups in total. The van der Waals surface area contributed by atoms with Crippen LogP contribution in [0.4, 0.5) is 13.2 Å². The summed E-state index contributed by atoms with van der Waals surface area (Å²) in [4.78, 5) is 13.0. The summed E-state index contributed by atoms with van der Waals surface area (Å²) in [6.07, 6.45) is -3.45. The Balaban J connectivity index is 0.000000606. The molecule has 0 fully saturated rings. The number of fused-ring (bicyclic) bond motifs is 1. The first kappa shape index (κ1) is 12.4. The Kier molecular flexibility index (Phi) is 3.46. The van der Waals surface area contributed by atoms with Crippen molar-refractivity contribution in [2.45, 2.75) is 26.9 Å². The van der Waals surface area contributed by atoms with E-state index < -0.39 is 12.0 Å². The van der Waals surface area contributed by atoms with Gasteiger partial charge in [-0.2, -0.15) is 13.2 Å². The van der Waals surface area contributed by atoms with Gasteiger partial charge in [-0.1, -0.05) is 13.8 Å².